The second-order valence-electron chi connectivity index (χ2n) is 5.35. The molecule has 110 valence electrons. The van der Waals surface area contributed by atoms with Gasteiger partial charge in [0.2, 0.25) is 0 Å². The number of carbonyl (C=O) groups is 1. The van der Waals surface area contributed by atoms with Crippen LogP contribution in [0.1, 0.15) is 31.4 Å². The molecule has 1 N–H and O–H groups in total. The summed E-state index contributed by atoms with van der Waals surface area (Å²) in [5, 5.41) is 7.94. The van der Waals surface area contributed by atoms with Crippen molar-refractivity contribution < 1.29 is 14.3 Å². The molecule has 6 nitrogen and oxygen atoms in total. The molecule has 2 aliphatic rings. The topological polar surface area (TPSA) is 65.4 Å². The first kappa shape index (κ1) is 13.4. The molecule has 0 saturated carbocycles. The molecule has 0 bridgehead atoms. The third kappa shape index (κ3) is 2.65. The quantitative estimate of drug-likeness (QED) is 0.847. The summed E-state index contributed by atoms with van der Waals surface area (Å²) < 4.78 is 12.4. The number of rotatable bonds is 3. The third-order valence-corrected chi connectivity index (χ3v) is 3.98. The summed E-state index contributed by atoms with van der Waals surface area (Å²) in [6.07, 6.45) is 2.05. The maximum absolute atomic E-state index is 11.8. The van der Waals surface area contributed by atoms with E-state index in [1.165, 1.54) is 0 Å². The summed E-state index contributed by atoms with van der Waals surface area (Å²) in [6, 6.07) is 2.11. The molecular formula is C14H21N3O3. The maximum Gasteiger partial charge on any atom is 0.312 e. The second-order valence-corrected chi connectivity index (χ2v) is 5.35. The van der Waals surface area contributed by atoms with Gasteiger partial charge in [0.25, 0.3) is 0 Å². The van der Waals surface area contributed by atoms with Crippen molar-refractivity contribution in [3.63, 3.8) is 0 Å². The molecule has 0 aromatic carbocycles. The van der Waals surface area contributed by atoms with Crippen molar-refractivity contribution in [1.29, 1.82) is 0 Å². The summed E-state index contributed by atoms with van der Waals surface area (Å²) in [5.74, 6) is 1.19. The van der Waals surface area contributed by atoms with Gasteiger partial charge in [-0.1, -0.05) is 0 Å². The molecule has 1 saturated heterocycles. The zero-order valence-electron chi connectivity index (χ0n) is 11.8. The van der Waals surface area contributed by atoms with E-state index in [9.17, 15) is 4.79 Å². The Labute approximate surface area is 118 Å². The summed E-state index contributed by atoms with van der Waals surface area (Å²) >= 11 is 0. The largest absolute Gasteiger partial charge is 0.466 e. The van der Waals surface area contributed by atoms with Crippen LogP contribution in [0.2, 0.25) is 0 Å². The number of esters is 1. The summed E-state index contributed by atoms with van der Waals surface area (Å²) in [4.78, 5) is 11.8. The van der Waals surface area contributed by atoms with Crippen LogP contribution in [0.25, 0.3) is 0 Å². The number of aromatic nitrogens is 2. The molecule has 0 radical (unpaired) electrons. The molecule has 20 heavy (non-hydrogen) atoms. The van der Waals surface area contributed by atoms with E-state index < -0.39 is 0 Å². The lowest BCUT2D eigenvalue weighted by Crippen LogP contribution is -2.34. The molecule has 1 aromatic heterocycles. The van der Waals surface area contributed by atoms with Crippen LogP contribution in [0.3, 0.4) is 0 Å². The Balaban J connectivity index is 1.70. The molecule has 0 amide bonds. The van der Waals surface area contributed by atoms with Gasteiger partial charge in [0, 0.05) is 31.7 Å². The minimum atomic E-state index is -0.148. The normalized spacial score (nSPS) is 22.9. The van der Waals surface area contributed by atoms with Gasteiger partial charge in [-0.3, -0.25) is 4.79 Å². The molecule has 0 aliphatic carbocycles. The highest BCUT2D eigenvalue weighted by molar-refractivity contribution is 5.73. The van der Waals surface area contributed by atoms with E-state index in [0.717, 1.165) is 37.6 Å². The summed E-state index contributed by atoms with van der Waals surface area (Å²) in [7, 11) is 0. The predicted molar refractivity (Wildman–Crippen MR) is 73.6 cm³/mol. The van der Waals surface area contributed by atoms with Crippen molar-refractivity contribution in [2.45, 2.75) is 32.2 Å². The zero-order chi connectivity index (χ0) is 13.9. The van der Waals surface area contributed by atoms with Crippen molar-refractivity contribution in [3.05, 3.63) is 11.8 Å². The van der Waals surface area contributed by atoms with Crippen molar-refractivity contribution in [3.8, 4) is 0 Å². The smallest absolute Gasteiger partial charge is 0.312 e. The van der Waals surface area contributed by atoms with Gasteiger partial charge in [0.15, 0.2) is 0 Å². The molecule has 0 spiro atoms. The van der Waals surface area contributed by atoms with Gasteiger partial charge >= 0.3 is 5.97 Å². The fourth-order valence-corrected chi connectivity index (χ4v) is 2.83. The van der Waals surface area contributed by atoms with Crippen molar-refractivity contribution in [2.24, 2.45) is 5.92 Å². The highest BCUT2D eigenvalue weighted by Crippen LogP contribution is 2.29. The number of nitrogens with one attached hydrogen (secondary N) is 1. The van der Waals surface area contributed by atoms with Crippen LogP contribution in [0.15, 0.2) is 6.07 Å². The molecule has 1 unspecified atom stereocenters. The van der Waals surface area contributed by atoms with E-state index in [2.05, 4.69) is 16.5 Å². The first-order valence-corrected chi connectivity index (χ1v) is 7.34. The number of fused-ring (bicyclic) bond motifs is 1. The number of hydrogen-bond acceptors (Lipinski definition) is 5. The Morgan fingerprint density at radius 2 is 2.35 bits per heavy atom. The fourth-order valence-electron chi connectivity index (χ4n) is 2.83. The van der Waals surface area contributed by atoms with E-state index in [4.69, 9.17) is 9.47 Å². The SMILES string of the molecule is CCOC(=O)C1CNc2cc(C3CCOCC3)nn2C1. The Morgan fingerprint density at radius 1 is 1.55 bits per heavy atom. The van der Waals surface area contributed by atoms with Crippen molar-refractivity contribution >= 4 is 11.8 Å². The van der Waals surface area contributed by atoms with Gasteiger partial charge in [-0.25, -0.2) is 4.68 Å². The minimum Gasteiger partial charge on any atom is -0.466 e. The van der Waals surface area contributed by atoms with E-state index in [-0.39, 0.29) is 11.9 Å². The lowest BCUT2D eigenvalue weighted by molar-refractivity contribution is -0.148. The molecule has 3 heterocycles. The lowest BCUT2D eigenvalue weighted by Gasteiger charge is -2.23. The fraction of sp³-hybridized carbons (Fsp3) is 0.714. The van der Waals surface area contributed by atoms with Gasteiger partial charge in [0.1, 0.15) is 5.82 Å². The number of hydrogen-bond donors (Lipinski definition) is 1. The molecule has 6 heteroatoms. The number of ether oxygens (including phenoxy) is 2. The standard InChI is InChI=1S/C14H21N3O3/c1-2-20-14(18)11-8-15-13-7-12(16-17(13)9-11)10-3-5-19-6-4-10/h7,10-11,15H,2-6,8-9H2,1H3. The predicted octanol–water partition coefficient (Wildman–Crippen LogP) is 1.38. The number of anilines is 1. The van der Waals surface area contributed by atoms with E-state index in [1.54, 1.807) is 0 Å². The maximum atomic E-state index is 11.8. The molecule has 1 fully saturated rings. The average molecular weight is 279 g/mol. The molecule has 1 aromatic rings. The van der Waals surface area contributed by atoms with Gasteiger partial charge in [0.05, 0.1) is 24.8 Å². The van der Waals surface area contributed by atoms with Crippen LogP contribution < -0.4 is 5.32 Å². The average Bonchev–Trinajstić information content (AvgIpc) is 2.91. The van der Waals surface area contributed by atoms with Gasteiger partial charge in [-0.05, 0) is 19.8 Å². The number of carbonyl (C=O) groups excluding carboxylic acids is 1. The molecule has 1 atom stereocenters. The van der Waals surface area contributed by atoms with Crippen molar-refractivity contribution in [1.82, 2.24) is 9.78 Å². The molecular weight excluding hydrogens is 258 g/mol. The molecule has 3 rings (SSSR count). The highest BCUT2D eigenvalue weighted by atomic mass is 16.5. The van der Waals surface area contributed by atoms with Crippen LogP contribution in [-0.2, 0) is 20.8 Å². The Hall–Kier alpha value is -1.56. The van der Waals surface area contributed by atoms with Crippen LogP contribution >= 0.6 is 0 Å². The van der Waals surface area contributed by atoms with E-state index in [0.29, 0.717) is 25.6 Å². The Kier molecular flexibility index (Phi) is 3.91. The minimum absolute atomic E-state index is 0.145. The van der Waals surface area contributed by atoms with Crippen LogP contribution in [0.5, 0.6) is 0 Å². The van der Waals surface area contributed by atoms with E-state index >= 15 is 0 Å². The Bertz CT molecular complexity index is 480. The van der Waals surface area contributed by atoms with Gasteiger partial charge < -0.3 is 14.8 Å². The third-order valence-electron chi connectivity index (χ3n) is 3.98. The number of nitrogens with zero attached hydrogens (tertiary/aromatic N) is 2. The van der Waals surface area contributed by atoms with E-state index in [1.807, 2.05) is 11.6 Å². The highest BCUT2D eigenvalue weighted by Gasteiger charge is 2.28. The first-order chi connectivity index (χ1) is 9.78. The van der Waals surface area contributed by atoms with Crippen molar-refractivity contribution in [2.75, 3.05) is 31.7 Å². The lowest BCUT2D eigenvalue weighted by atomic mass is 9.97. The monoisotopic (exact) mass is 279 g/mol. The van der Waals surface area contributed by atoms with Crippen LogP contribution in [0, 0.1) is 5.92 Å². The van der Waals surface area contributed by atoms with Gasteiger partial charge in [-0.15, -0.1) is 0 Å². The second kappa shape index (κ2) is 5.83. The summed E-state index contributed by atoms with van der Waals surface area (Å²) in [6.45, 7) is 5.10. The summed E-state index contributed by atoms with van der Waals surface area (Å²) in [5.41, 5.74) is 1.11. The Morgan fingerprint density at radius 3 is 3.10 bits per heavy atom. The van der Waals surface area contributed by atoms with Crippen LogP contribution in [0.4, 0.5) is 5.82 Å². The molecule has 2 aliphatic heterocycles. The zero-order valence-corrected chi connectivity index (χ0v) is 11.8. The first-order valence-electron chi connectivity index (χ1n) is 7.34. The van der Waals surface area contributed by atoms with Gasteiger partial charge in [-0.2, -0.15) is 5.10 Å². The van der Waals surface area contributed by atoms with Crippen LogP contribution in [-0.4, -0.2) is 42.1 Å².